The Morgan fingerprint density at radius 3 is 2.79 bits per heavy atom. The minimum atomic E-state index is 0.476. The van der Waals surface area contributed by atoms with Gasteiger partial charge in [-0.3, -0.25) is 0 Å². The van der Waals surface area contributed by atoms with E-state index in [0.717, 1.165) is 0 Å². The van der Waals surface area contributed by atoms with Gasteiger partial charge in [-0.15, -0.1) is 0 Å². The number of hydrogen-bond donors (Lipinski definition) is 1. The van der Waals surface area contributed by atoms with Gasteiger partial charge in [0.05, 0.1) is 0 Å². The average Bonchev–Trinajstić information content (AvgIpc) is 2.29. The minimum absolute atomic E-state index is 0.476. The summed E-state index contributed by atoms with van der Waals surface area (Å²) in [5, 5.41) is 3.54. The highest BCUT2D eigenvalue weighted by atomic mass is 15.2. The van der Waals surface area contributed by atoms with Gasteiger partial charge in [0, 0.05) is 19.1 Å². The Hall–Kier alpha value is -0.0800. The molecule has 2 heteroatoms. The van der Waals surface area contributed by atoms with Crippen LogP contribution in [0.3, 0.4) is 0 Å². The quantitative estimate of drug-likeness (QED) is 0.747. The van der Waals surface area contributed by atoms with Gasteiger partial charge in [-0.1, -0.05) is 20.8 Å². The summed E-state index contributed by atoms with van der Waals surface area (Å²) in [6.07, 6.45) is 2.56. The minimum Gasteiger partial charge on any atom is -0.313 e. The maximum Gasteiger partial charge on any atom is 0.0166 e. The van der Waals surface area contributed by atoms with Crippen molar-refractivity contribution < 1.29 is 0 Å². The van der Waals surface area contributed by atoms with Crippen molar-refractivity contribution in [1.82, 2.24) is 10.2 Å². The van der Waals surface area contributed by atoms with Gasteiger partial charge < -0.3 is 10.2 Å². The zero-order chi connectivity index (χ0) is 10.6. The molecule has 1 unspecified atom stereocenters. The molecule has 1 fully saturated rings. The highest BCUT2D eigenvalue weighted by Crippen LogP contribution is 2.21. The lowest BCUT2D eigenvalue weighted by molar-refractivity contribution is 0.173. The molecule has 0 radical (unpaired) electrons. The Morgan fingerprint density at radius 1 is 1.43 bits per heavy atom. The molecule has 1 N–H and O–H groups in total. The van der Waals surface area contributed by atoms with Gasteiger partial charge in [0.2, 0.25) is 0 Å². The molecular weight excluding hydrogens is 172 g/mol. The standard InChI is InChI=1S/C12H26N2/c1-5-12(3,4)10-14-8-6-7-13-11(2)9-14/h11,13H,5-10H2,1-4H3. The summed E-state index contributed by atoms with van der Waals surface area (Å²) in [6, 6.07) is 0.658. The Balaban J connectivity index is 2.42. The molecule has 84 valence electrons. The van der Waals surface area contributed by atoms with Crippen molar-refractivity contribution in [2.75, 3.05) is 26.2 Å². The van der Waals surface area contributed by atoms with Crippen molar-refractivity contribution in [3.63, 3.8) is 0 Å². The summed E-state index contributed by atoms with van der Waals surface area (Å²) in [5.74, 6) is 0. The van der Waals surface area contributed by atoms with Crippen LogP contribution in [0.25, 0.3) is 0 Å². The van der Waals surface area contributed by atoms with E-state index in [-0.39, 0.29) is 0 Å². The second-order valence-electron chi connectivity index (χ2n) is 5.46. The highest BCUT2D eigenvalue weighted by molar-refractivity contribution is 4.78. The summed E-state index contributed by atoms with van der Waals surface area (Å²) >= 11 is 0. The third-order valence-electron chi connectivity index (χ3n) is 3.28. The van der Waals surface area contributed by atoms with Crippen LogP contribution in [-0.4, -0.2) is 37.1 Å². The highest BCUT2D eigenvalue weighted by Gasteiger charge is 2.22. The molecule has 1 heterocycles. The SMILES string of the molecule is CCC(C)(C)CN1CCCNC(C)C1. The molecule has 1 aliphatic rings. The average molecular weight is 198 g/mol. The van der Waals surface area contributed by atoms with Gasteiger partial charge in [0.15, 0.2) is 0 Å². The van der Waals surface area contributed by atoms with Crippen LogP contribution >= 0.6 is 0 Å². The molecule has 0 saturated carbocycles. The van der Waals surface area contributed by atoms with Gasteiger partial charge in [-0.25, -0.2) is 0 Å². The Labute approximate surface area is 89.1 Å². The van der Waals surface area contributed by atoms with E-state index in [4.69, 9.17) is 0 Å². The summed E-state index contributed by atoms with van der Waals surface area (Å²) in [4.78, 5) is 2.62. The molecule has 0 bridgehead atoms. The molecule has 0 aromatic heterocycles. The molecule has 0 aromatic carbocycles. The van der Waals surface area contributed by atoms with Crippen LogP contribution in [0.15, 0.2) is 0 Å². The molecule has 0 spiro atoms. The van der Waals surface area contributed by atoms with E-state index >= 15 is 0 Å². The van der Waals surface area contributed by atoms with Crippen molar-refractivity contribution in [2.24, 2.45) is 5.41 Å². The first-order valence-corrected chi connectivity index (χ1v) is 5.99. The van der Waals surface area contributed by atoms with Crippen LogP contribution < -0.4 is 5.32 Å². The van der Waals surface area contributed by atoms with E-state index in [1.54, 1.807) is 0 Å². The second-order valence-corrected chi connectivity index (χ2v) is 5.46. The maximum atomic E-state index is 3.54. The van der Waals surface area contributed by atoms with Crippen LogP contribution in [0.4, 0.5) is 0 Å². The van der Waals surface area contributed by atoms with Gasteiger partial charge in [0.25, 0.3) is 0 Å². The molecule has 2 nitrogen and oxygen atoms in total. The third kappa shape index (κ3) is 3.97. The first-order valence-electron chi connectivity index (χ1n) is 5.99. The lowest BCUT2D eigenvalue weighted by atomic mass is 9.89. The molecule has 0 aliphatic carbocycles. The number of rotatable bonds is 3. The van der Waals surface area contributed by atoms with E-state index in [1.165, 1.54) is 39.0 Å². The summed E-state index contributed by atoms with van der Waals surface area (Å²) in [6.45, 7) is 14.2. The fourth-order valence-electron chi connectivity index (χ4n) is 2.05. The maximum absolute atomic E-state index is 3.54. The molecule has 14 heavy (non-hydrogen) atoms. The normalized spacial score (nSPS) is 26.1. The Kier molecular flexibility index (Phi) is 4.39. The van der Waals surface area contributed by atoms with Crippen LogP contribution in [0, 0.1) is 5.41 Å². The molecule has 1 rings (SSSR count). The van der Waals surface area contributed by atoms with Gasteiger partial charge in [-0.2, -0.15) is 0 Å². The zero-order valence-electron chi connectivity index (χ0n) is 10.3. The Bertz CT molecular complexity index is 166. The molecule has 0 amide bonds. The lowest BCUT2D eigenvalue weighted by Crippen LogP contribution is -2.40. The smallest absolute Gasteiger partial charge is 0.0166 e. The summed E-state index contributed by atoms with van der Waals surface area (Å²) in [7, 11) is 0. The van der Waals surface area contributed by atoms with E-state index in [9.17, 15) is 0 Å². The number of hydrogen-bond acceptors (Lipinski definition) is 2. The van der Waals surface area contributed by atoms with Crippen molar-refractivity contribution in [3.05, 3.63) is 0 Å². The van der Waals surface area contributed by atoms with Crippen molar-refractivity contribution in [2.45, 2.75) is 46.6 Å². The molecule has 1 atom stereocenters. The van der Waals surface area contributed by atoms with Crippen LogP contribution in [0.1, 0.15) is 40.5 Å². The van der Waals surface area contributed by atoms with E-state index in [2.05, 4.69) is 37.9 Å². The van der Waals surface area contributed by atoms with Crippen LogP contribution in [0.5, 0.6) is 0 Å². The van der Waals surface area contributed by atoms with Gasteiger partial charge in [-0.05, 0) is 38.3 Å². The van der Waals surface area contributed by atoms with Crippen molar-refractivity contribution >= 4 is 0 Å². The first kappa shape index (κ1) is 12.0. The van der Waals surface area contributed by atoms with E-state index < -0.39 is 0 Å². The first-order chi connectivity index (χ1) is 6.53. The Morgan fingerprint density at radius 2 is 2.14 bits per heavy atom. The van der Waals surface area contributed by atoms with Crippen LogP contribution in [-0.2, 0) is 0 Å². The number of nitrogens with one attached hydrogen (secondary N) is 1. The van der Waals surface area contributed by atoms with Crippen molar-refractivity contribution in [1.29, 1.82) is 0 Å². The fourth-order valence-corrected chi connectivity index (χ4v) is 2.05. The predicted octanol–water partition coefficient (Wildman–Crippen LogP) is 2.11. The van der Waals surface area contributed by atoms with Crippen molar-refractivity contribution in [3.8, 4) is 0 Å². The predicted molar refractivity (Wildman–Crippen MR) is 62.6 cm³/mol. The lowest BCUT2D eigenvalue weighted by Gasteiger charge is -2.32. The zero-order valence-corrected chi connectivity index (χ0v) is 10.3. The van der Waals surface area contributed by atoms with Crippen LogP contribution in [0.2, 0.25) is 0 Å². The van der Waals surface area contributed by atoms with Gasteiger partial charge in [0.1, 0.15) is 0 Å². The molecule has 1 saturated heterocycles. The largest absolute Gasteiger partial charge is 0.313 e. The molecular formula is C12H26N2. The van der Waals surface area contributed by atoms with Gasteiger partial charge >= 0.3 is 0 Å². The monoisotopic (exact) mass is 198 g/mol. The topological polar surface area (TPSA) is 15.3 Å². The molecule has 1 aliphatic heterocycles. The number of nitrogens with zero attached hydrogens (tertiary/aromatic N) is 1. The fraction of sp³-hybridized carbons (Fsp3) is 1.00. The summed E-state index contributed by atoms with van der Waals surface area (Å²) < 4.78 is 0. The van der Waals surface area contributed by atoms with E-state index in [0.29, 0.717) is 11.5 Å². The molecule has 0 aromatic rings. The van der Waals surface area contributed by atoms with E-state index in [1.807, 2.05) is 0 Å². The third-order valence-corrected chi connectivity index (χ3v) is 3.28. The summed E-state index contributed by atoms with van der Waals surface area (Å²) in [5.41, 5.74) is 0.476. The second kappa shape index (κ2) is 5.13.